The molecule has 2 aromatic carbocycles. The lowest BCUT2D eigenvalue weighted by atomic mass is 9.90. The van der Waals surface area contributed by atoms with Crippen molar-refractivity contribution in [2.24, 2.45) is 0 Å². The number of fused-ring (bicyclic) bond motifs is 1. The first-order valence-electron chi connectivity index (χ1n) is 9.18. The first kappa shape index (κ1) is 16.6. The molecule has 1 aliphatic carbocycles. The predicted octanol–water partition coefficient (Wildman–Crippen LogP) is 4.23. The van der Waals surface area contributed by atoms with Gasteiger partial charge in [0, 0.05) is 18.2 Å². The molecule has 0 spiro atoms. The Labute approximate surface area is 153 Å². The maximum absolute atomic E-state index is 12.8. The summed E-state index contributed by atoms with van der Waals surface area (Å²) in [7, 11) is 1.84. The molecule has 0 aliphatic heterocycles. The van der Waals surface area contributed by atoms with Crippen LogP contribution in [0.2, 0.25) is 0 Å². The van der Waals surface area contributed by atoms with Gasteiger partial charge in [-0.1, -0.05) is 36.4 Å². The van der Waals surface area contributed by atoms with Crippen LogP contribution in [0.15, 0.2) is 54.6 Å². The molecule has 1 aliphatic rings. The monoisotopic (exact) mass is 345 g/mol. The van der Waals surface area contributed by atoms with E-state index in [9.17, 15) is 4.79 Å². The van der Waals surface area contributed by atoms with E-state index in [1.807, 2.05) is 49.5 Å². The SMILES string of the molecule is CN(Cc1cc(-c2ccccc2)n[nH]1)C(=O)c1ccc2c(c1)CCCC2. The number of H-pyrrole nitrogens is 1. The van der Waals surface area contributed by atoms with Crippen molar-refractivity contribution in [2.75, 3.05) is 7.05 Å². The molecule has 1 amide bonds. The van der Waals surface area contributed by atoms with Crippen LogP contribution in [0.5, 0.6) is 0 Å². The van der Waals surface area contributed by atoms with Gasteiger partial charge >= 0.3 is 0 Å². The van der Waals surface area contributed by atoms with Crippen LogP contribution >= 0.6 is 0 Å². The fraction of sp³-hybridized carbons (Fsp3) is 0.273. The number of aromatic nitrogens is 2. The molecule has 0 radical (unpaired) electrons. The summed E-state index contributed by atoms with van der Waals surface area (Å²) in [5.41, 5.74) is 6.41. The van der Waals surface area contributed by atoms with E-state index >= 15 is 0 Å². The fourth-order valence-corrected chi connectivity index (χ4v) is 3.61. The molecule has 0 saturated heterocycles. The molecule has 0 bridgehead atoms. The molecule has 4 rings (SSSR count). The van der Waals surface area contributed by atoms with E-state index in [0.717, 1.165) is 35.4 Å². The standard InChI is InChI=1S/C22H23N3O/c1-25(15-20-14-21(24-23-20)17-8-3-2-4-9-17)22(26)19-12-11-16-7-5-6-10-18(16)13-19/h2-4,8-9,11-14H,5-7,10,15H2,1H3,(H,23,24). The Bertz CT molecular complexity index is 914. The zero-order chi connectivity index (χ0) is 17.9. The fourth-order valence-electron chi connectivity index (χ4n) is 3.61. The molecule has 4 nitrogen and oxygen atoms in total. The molecule has 0 saturated carbocycles. The third-order valence-corrected chi connectivity index (χ3v) is 5.05. The lowest BCUT2D eigenvalue weighted by Crippen LogP contribution is -2.26. The average Bonchev–Trinajstić information content (AvgIpc) is 3.16. The van der Waals surface area contributed by atoms with E-state index in [-0.39, 0.29) is 5.91 Å². The highest BCUT2D eigenvalue weighted by Gasteiger charge is 2.16. The molecule has 1 aromatic heterocycles. The lowest BCUT2D eigenvalue weighted by Gasteiger charge is -2.19. The topological polar surface area (TPSA) is 49.0 Å². The summed E-state index contributed by atoms with van der Waals surface area (Å²) >= 11 is 0. The summed E-state index contributed by atoms with van der Waals surface area (Å²) in [4.78, 5) is 14.5. The van der Waals surface area contributed by atoms with Gasteiger partial charge in [0.1, 0.15) is 0 Å². The third-order valence-electron chi connectivity index (χ3n) is 5.05. The molecule has 0 atom stereocenters. The Hall–Kier alpha value is -2.88. The highest BCUT2D eigenvalue weighted by Crippen LogP contribution is 2.23. The molecule has 1 heterocycles. The van der Waals surface area contributed by atoms with Crippen molar-refractivity contribution < 1.29 is 4.79 Å². The van der Waals surface area contributed by atoms with Crippen molar-refractivity contribution in [1.29, 1.82) is 0 Å². The molecule has 4 heteroatoms. The van der Waals surface area contributed by atoms with Gasteiger partial charge in [-0.3, -0.25) is 9.89 Å². The number of aryl methyl sites for hydroxylation is 2. The normalized spacial score (nSPS) is 13.3. The van der Waals surface area contributed by atoms with Crippen molar-refractivity contribution in [1.82, 2.24) is 15.1 Å². The second kappa shape index (κ2) is 7.16. The molecule has 0 unspecified atom stereocenters. The van der Waals surface area contributed by atoms with Gasteiger partial charge in [0.25, 0.3) is 5.91 Å². The highest BCUT2D eigenvalue weighted by atomic mass is 16.2. The van der Waals surface area contributed by atoms with E-state index in [1.54, 1.807) is 4.90 Å². The third kappa shape index (κ3) is 3.40. The van der Waals surface area contributed by atoms with E-state index in [4.69, 9.17) is 0 Å². The van der Waals surface area contributed by atoms with E-state index in [1.165, 1.54) is 24.0 Å². The van der Waals surface area contributed by atoms with Gasteiger partial charge in [0.2, 0.25) is 0 Å². The van der Waals surface area contributed by atoms with Crippen LogP contribution in [0.25, 0.3) is 11.3 Å². The Morgan fingerprint density at radius 3 is 2.62 bits per heavy atom. The number of rotatable bonds is 4. The summed E-state index contributed by atoms with van der Waals surface area (Å²) in [5, 5.41) is 7.41. The second-order valence-electron chi connectivity index (χ2n) is 7.00. The molecular formula is C22H23N3O. The van der Waals surface area contributed by atoms with Gasteiger partial charge in [0.15, 0.2) is 0 Å². The Morgan fingerprint density at radius 1 is 1.04 bits per heavy atom. The van der Waals surface area contributed by atoms with E-state index in [0.29, 0.717) is 6.54 Å². The van der Waals surface area contributed by atoms with Gasteiger partial charge < -0.3 is 4.90 Å². The van der Waals surface area contributed by atoms with Crippen LogP contribution < -0.4 is 0 Å². The lowest BCUT2D eigenvalue weighted by molar-refractivity contribution is 0.0783. The smallest absolute Gasteiger partial charge is 0.253 e. The Morgan fingerprint density at radius 2 is 1.81 bits per heavy atom. The van der Waals surface area contributed by atoms with Crippen LogP contribution in [-0.4, -0.2) is 28.1 Å². The van der Waals surface area contributed by atoms with Crippen LogP contribution in [-0.2, 0) is 19.4 Å². The number of benzene rings is 2. The number of nitrogens with zero attached hydrogens (tertiary/aromatic N) is 2. The van der Waals surface area contributed by atoms with Gasteiger partial charge in [0.05, 0.1) is 17.9 Å². The summed E-state index contributed by atoms with van der Waals surface area (Å²) in [6.07, 6.45) is 4.69. The van der Waals surface area contributed by atoms with Crippen LogP contribution in [0.4, 0.5) is 0 Å². The average molecular weight is 345 g/mol. The maximum Gasteiger partial charge on any atom is 0.253 e. The van der Waals surface area contributed by atoms with Gasteiger partial charge in [-0.2, -0.15) is 5.10 Å². The number of aromatic amines is 1. The Kier molecular flexibility index (Phi) is 4.57. The van der Waals surface area contributed by atoms with Crippen LogP contribution in [0, 0.1) is 0 Å². The summed E-state index contributed by atoms with van der Waals surface area (Å²) < 4.78 is 0. The van der Waals surface area contributed by atoms with E-state index < -0.39 is 0 Å². The number of hydrogen-bond donors (Lipinski definition) is 1. The summed E-state index contributed by atoms with van der Waals surface area (Å²) in [6.45, 7) is 0.510. The second-order valence-corrected chi connectivity index (χ2v) is 7.00. The molecule has 132 valence electrons. The summed E-state index contributed by atoms with van der Waals surface area (Å²) in [5.74, 6) is 0.0502. The molecule has 3 aromatic rings. The summed E-state index contributed by atoms with van der Waals surface area (Å²) in [6, 6.07) is 18.2. The molecule has 1 N–H and O–H groups in total. The van der Waals surface area contributed by atoms with Crippen LogP contribution in [0.1, 0.15) is 40.0 Å². The predicted molar refractivity (Wildman–Crippen MR) is 103 cm³/mol. The van der Waals surface area contributed by atoms with Crippen molar-refractivity contribution in [2.45, 2.75) is 32.2 Å². The van der Waals surface area contributed by atoms with Crippen molar-refractivity contribution in [3.63, 3.8) is 0 Å². The van der Waals surface area contributed by atoms with Gasteiger partial charge in [-0.05, 0) is 55.0 Å². The van der Waals surface area contributed by atoms with Crippen molar-refractivity contribution in [3.05, 3.63) is 77.0 Å². The minimum absolute atomic E-state index is 0.0502. The maximum atomic E-state index is 12.8. The number of carbonyl (C=O) groups excluding carboxylic acids is 1. The van der Waals surface area contributed by atoms with E-state index in [2.05, 4.69) is 22.3 Å². The minimum Gasteiger partial charge on any atom is -0.336 e. The first-order chi connectivity index (χ1) is 12.7. The Balaban J connectivity index is 1.47. The minimum atomic E-state index is 0.0502. The number of nitrogens with one attached hydrogen (secondary N) is 1. The quantitative estimate of drug-likeness (QED) is 0.769. The number of carbonyl (C=O) groups is 1. The van der Waals surface area contributed by atoms with Gasteiger partial charge in [-0.25, -0.2) is 0 Å². The van der Waals surface area contributed by atoms with Crippen LogP contribution in [0.3, 0.4) is 0 Å². The number of amides is 1. The van der Waals surface area contributed by atoms with Crippen molar-refractivity contribution >= 4 is 5.91 Å². The number of hydrogen-bond acceptors (Lipinski definition) is 2. The molecule has 26 heavy (non-hydrogen) atoms. The molecule has 0 fully saturated rings. The zero-order valence-corrected chi connectivity index (χ0v) is 15.0. The van der Waals surface area contributed by atoms with Gasteiger partial charge in [-0.15, -0.1) is 0 Å². The first-order valence-corrected chi connectivity index (χ1v) is 9.18. The molecular weight excluding hydrogens is 322 g/mol. The highest BCUT2D eigenvalue weighted by molar-refractivity contribution is 5.94. The zero-order valence-electron chi connectivity index (χ0n) is 15.0. The van der Waals surface area contributed by atoms with Crippen molar-refractivity contribution in [3.8, 4) is 11.3 Å². The largest absolute Gasteiger partial charge is 0.336 e.